The predicted octanol–water partition coefficient (Wildman–Crippen LogP) is 5.65. The van der Waals surface area contributed by atoms with Gasteiger partial charge in [0.25, 0.3) is 0 Å². The van der Waals surface area contributed by atoms with E-state index in [1.165, 1.54) is 16.0 Å². The summed E-state index contributed by atoms with van der Waals surface area (Å²) < 4.78 is 0. The molecule has 0 saturated heterocycles. The molecule has 3 heteroatoms. The van der Waals surface area contributed by atoms with Crippen LogP contribution in [0, 0.1) is 6.92 Å². The Kier molecular flexibility index (Phi) is 6.71. The van der Waals surface area contributed by atoms with Crippen molar-refractivity contribution >= 4 is 17.7 Å². The molecule has 0 radical (unpaired) electrons. The summed E-state index contributed by atoms with van der Waals surface area (Å²) in [4.78, 5) is 13.4. The Balaban J connectivity index is 1.80. The topological polar surface area (TPSA) is 29.1 Å². The Bertz CT molecular complexity index is 683. The zero-order valence-corrected chi connectivity index (χ0v) is 16.7. The van der Waals surface area contributed by atoms with Gasteiger partial charge in [-0.2, -0.15) is 0 Å². The van der Waals surface area contributed by atoms with Crippen LogP contribution in [0.15, 0.2) is 53.4 Å². The summed E-state index contributed by atoms with van der Waals surface area (Å²) in [7, 11) is 0. The minimum Gasteiger partial charge on any atom is -0.350 e. The molecule has 0 saturated carbocycles. The number of aryl methyl sites for hydroxylation is 1. The normalized spacial score (nSPS) is 12.7. The summed E-state index contributed by atoms with van der Waals surface area (Å²) in [6.07, 6.45) is 0.531. The molecule has 25 heavy (non-hydrogen) atoms. The van der Waals surface area contributed by atoms with E-state index in [4.69, 9.17) is 0 Å². The molecule has 0 spiro atoms. The lowest BCUT2D eigenvalue weighted by atomic mass is 9.86. The van der Waals surface area contributed by atoms with E-state index in [2.05, 4.69) is 81.5 Å². The van der Waals surface area contributed by atoms with Gasteiger partial charge >= 0.3 is 0 Å². The van der Waals surface area contributed by atoms with Crippen molar-refractivity contribution in [3.8, 4) is 0 Å². The summed E-state index contributed by atoms with van der Waals surface area (Å²) >= 11 is 1.72. The van der Waals surface area contributed by atoms with Gasteiger partial charge < -0.3 is 5.32 Å². The van der Waals surface area contributed by atoms with Crippen molar-refractivity contribution in [3.63, 3.8) is 0 Å². The van der Waals surface area contributed by atoms with Crippen LogP contribution in [-0.4, -0.2) is 11.7 Å². The van der Waals surface area contributed by atoms with Crippen LogP contribution < -0.4 is 5.32 Å². The molecule has 0 heterocycles. The van der Waals surface area contributed by atoms with Crippen LogP contribution in [0.5, 0.6) is 0 Å². The molecular weight excluding hydrogens is 326 g/mol. The molecule has 0 unspecified atom stereocenters. The molecule has 2 nitrogen and oxygen atoms in total. The zero-order valence-electron chi connectivity index (χ0n) is 15.9. The molecular formula is C22H29NOS. The first-order valence-corrected chi connectivity index (χ1v) is 9.83. The van der Waals surface area contributed by atoms with Gasteiger partial charge in [-0.05, 0) is 42.5 Å². The molecule has 1 atom stereocenters. The Morgan fingerprint density at radius 1 is 1.04 bits per heavy atom. The van der Waals surface area contributed by atoms with Crippen LogP contribution in [0.1, 0.15) is 56.8 Å². The van der Waals surface area contributed by atoms with Crippen LogP contribution in [0.3, 0.4) is 0 Å². The number of thioether (sulfide) groups is 1. The molecule has 0 bridgehead atoms. The fourth-order valence-electron chi connectivity index (χ4n) is 2.56. The maximum absolute atomic E-state index is 12.2. The third-order valence-corrected chi connectivity index (χ3v) is 5.29. The lowest BCUT2D eigenvalue weighted by molar-refractivity contribution is -0.121. The average molecular weight is 356 g/mol. The molecule has 2 rings (SSSR count). The smallest absolute Gasteiger partial charge is 0.221 e. The fraction of sp³-hybridized carbons (Fsp3) is 0.409. The van der Waals surface area contributed by atoms with E-state index < -0.39 is 0 Å². The largest absolute Gasteiger partial charge is 0.350 e. The van der Waals surface area contributed by atoms with Gasteiger partial charge in [-0.1, -0.05) is 62.7 Å². The molecule has 2 aromatic carbocycles. The number of amides is 1. The van der Waals surface area contributed by atoms with Crippen molar-refractivity contribution in [1.29, 1.82) is 0 Å². The van der Waals surface area contributed by atoms with Crippen molar-refractivity contribution in [2.45, 2.75) is 57.4 Å². The molecule has 0 aromatic heterocycles. The molecule has 0 fully saturated rings. The third-order valence-electron chi connectivity index (χ3n) is 4.27. The van der Waals surface area contributed by atoms with Gasteiger partial charge in [0.05, 0.1) is 6.04 Å². The molecule has 1 N–H and O–H groups in total. The Morgan fingerprint density at radius 3 is 2.20 bits per heavy atom. The highest BCUT2D eigenvalue weighted by Crippen LogP contribution is 2.24. The quantitative estimate of drug-likeness (QED) is 0.678. The maximum Gasteiger partial charge on any atom is 0.221 e. The molecule has 0 aliphatic rings. The maximum atomic E-state index is 12.2. The van der Waals surface area contributed by atoms with E-state index >= 15 is 0 Å². The SMILES string of the molecule is Cc1ccc(SCCC(=O)N[C@H](C)c2ccc(C(C)(C)C)cc2)cc1. The van der Waals surface area contributed by atoms with Gasteiger partial charge in [-0.25, -0.2) is 0 Å². The molecule has 0 aliphatic carbocycles. The average Bonchev–Trinajstić information content (AvgIpc) is 2.56. The number of nitrogens with one attached hydrogen (secondary N) is 1. The van der Waals surface area contributed by atoms with E-state index in [9.17, 15) is 4.79 Å². The summed E-state index contributed by atoms with van der Waals surface area (Å²) in [5.74, 6) is 0.900. The molecule has 2 aromatic rings. The second kappa shape index (κ2) is 8.57. The van der Waals surface area contributed by atoms with Gasteiger partial charge in [0, 0.05) is 17.1 Å². The summed E-state index contributed by atoms with van der Waals surface area (Å²) in [6, 6.07) is 17.0. The Morgan fingerprint density at radius 2 is 1.64 bits per heavy atom. The third kappa shape index (κ3) is 6.24. The van der Waals surface area contributed by atoms with Crippen LogP contribution >= 0.6 is 11.8 Å². The number of carbonyl (C=O) groups excluding carboxylic acids is 1. The van der Waals surface area contributed by atoms with Crippen LogP contribution in [0.25, 0.3) is 0 Å². The zero-order chi connectivity index (χ0) is 18.4. The van der Waals surface area contributed by atoms with Gasteiger partial charge in [0.15, 0.2) is 0 Å². The first kappa shape index (κ1) is 19.6. The first-order chi connectivity index (χ1) is 11.8. The fourth-order valence-corrected chi connectivity index (χ4v) is 3.42. The van der Waals surface area contributed by atoms with E-state index in [1.54, 1.807) is 11.8 Å². The Hall–Kier alpha value is -1.74. The number of hydrogen-bond acceptors (Lipinski definition) is 2. The van der Waals surface area contributed by atoms with Crippen LogP contribution in [0.4, 0.5) is 0 Å². The lowest BCUT2D eigenvalue weighted by Gasteiger charge is -2.20. The van der Waals surface area contributed by atoms with Gasteiger partial charge in [-0.3, -0.25) is 4.79 Å². The van der Waals surface area contributed by atoms with Gasteiger partial charge in [-0.15, -0.1) is 11.8 Å². The highest BCUT2D eigenvalue weighted by atomic mass is 32.2. The second-order valence-corrected chi connectivity index (χ2v) is 8.74. The summed E-state index contributed by atoms with van der Waals surface area (Å²) in [6.45, 7) is 10.7. The van der Waals surface area contributed by atoms with E-state index in [0.717, 1.165) is 11.3 Å². The minimum atomic E-state index is 0.0332. The first-order valence-electron chi connectivity index (χ1n) is 8.85. The number of benzene rings is 2. The monoisotopic (exact) mass is 355 g/mol. The number of rotatable bonds is 6. The van der Waals surface area contributed by atoms with Crippen molar-refractivity contribution in [2.24, 2.45) is 0 Å². The highest BCUT2D eigenvalue weighted by molar-refractivity contribution is 7.99. The number of carbonyl (C=O) groups is 1. The minimum absolute atomic E-state index is 0.0332. The highest BCUT2D eigenvalue weighted by Gasteiger charge is 2.14. The predicted molar refractivity (Wildman–Crippen MR) is 108 cm³/mol. The second-order valence-electron chi connectivity index (χ2n) is 7.57. The van der Waals surface area contributed by atoms with Crippen LogP contribution in [-0.2, 0) is 10.2 Å². The lowest BCUT2D eigenvalue weighted by Crippen LogP contribution is -2.26. The van der Waals surface area contributed by atoms with Gasteiger partial charge in [0.1, 0.15) is 0 Å². The molecule has 134 valence electrons. The van der Waals surface area contributed by atoms with Gasteiger partial charge in [0.2, 0.25) is 5.91 Å². The summed E-state index contributed by atoms with van der Waals surface area (Å²) in [5, 5.41) is 3.10. The van der Waals surface area contributed by atoms with Crippen molar-refractivity contribution in [1.82, 2.24) is 5.32 Å². The summed E-state index contributed by atoms with van der Waals surface area (Å²) in [5.41, 5.74) is 3.86. The molecule has 0 aliphatic heterocycles. The molecule has 1 amide bonds. The van der Waals surface area contributed by atoms with E-state index in [1.807, 2.05) is 6.92 Å². The van der Waals surface area contributed by atoms with Crippen molar-refractivity contribution in [2.75, 3.05) is 5.75 Å². The van der Waals surface area contributed by atoms with E-state index in [0.29, 0.717) is 6.42 Å². The standard InChI is InChI=1S/C22H29NOS/c1-16-6-12-20(13-7-16)25-15-14-21(24)23-17(2)18-8-10-19(11-9-18)22(3,4)5/h6-13,17H,14-15H2,1-5H3,(H,23,24)/t17-/m1/s1. The van der Waals surface area contributed by atoms with E-state index in [-0.39, 0.29) is 17.4 Å². The van der Waals surface area contributed by atoms with Crippen molar-refractivity contribution < 1.29 is 4.79 Å². The number of hydrogen-bond donors (Lipinski definition) is 1. The Labute approximate surface area is 156 Å². The van der Waals surface area contributed by atoms with Crippen molar-refractivity contribution in [3.05, 3.63) is 65.2 Å². The van der Waals surface area contributed by atoms with Crippen LogP contribution in [0.2, 0.25) is 0 Å².